The molecule has 0 aromatic heterocycles. The van der Waals surface area contributed by atoms with Crippen LogP contribution in [-0.4, -0.2) is 41.9 Å². The van der Waals surface area contributed by atoms with E-state index in [9.17, 15) is 4.79 Å². The lowest BCUT2D eigenvalue weighted by Crippen LogP contribution is -2.32. The summed E-state index contributed by atoms with van der Waals surface area (Å²) in [6.07, 6.45) is 10.5. The fourth-order valence-electron chi connectivity index (χ4n) is 3.91. The standard InChI is InChI=1S/C22H42O4Si/c1-22(2,3)18(11-9-8-10-16-26-27(6)7)14-12-17-13-15-19(23)20(17)21(24-4)25-5/h12,14,17-18,20-21,27H,8-11,13,15-16H2,1-7H3. The Labute approximate surface area is 168 Å². The van der Waals surface area contributed by atoms with E-state index in [2.05, 4.69) is 46.0 Å². The maximum atomic E-state index is 12.3. The van der Waals surface area contributed by atoms with E-state index < -0.39 is 15.3 Å². The number of allylic oxidation sites excluding steroid dienone is 2. The van der Waals surface area contributed by atoms with Gasteiger partial charge >= 0.3 is 0 Å². The number of ether oxygens (including phenoxy) is 2. The highest BCUT2D eigenvalue weighted by Gasteiger charge is 2.39. The first kappa shape index (κ1) is 24.5. The summed E-state index contributed by atoms with van der Waals surface area (Å²) in [6, 6.07) is 0. The van der Waals surface area contributed by atoms with Crippen molar-refractivity contribution < 1.29 is 18.7 Å². The average Bonchev–Trinajstić information content (AvgIpc) is 2.94. The zero-order chi connectivity index (χ0) is 20.4. The van der Waals surface area contributed by atoms with E-state index in [1.165, 1.54) is 19.3 Å². The van der Waals surface area contributed by atoms with Gasteiger partial charge in [0.25, 0.3) is 0 Å². The number of carbonyl (C=O) groups is 1. The zero-order valence-corrected chi connectivity index (χ0v) is 19.8. The van der Waals surface area contributed by atoms with Gasteiger partial charge in [-0.2, -0.15) is 0 Å². The first-order chi connectivity index (χ1) is 12.7. The molecule has 0 aliphatic heterocycles. The molecule has 3 atom stereocenters. The van der Waals surface area contributed by atoms with Crippen LogP contribution in [0.3, 0.4) is 0 Å². The van der Waals surface area contributed by atoms with Gasteiger partial charge in [0.2, 0.25) is 0 Å². The van der Waals surface area contributed by atoms with Crippen molar-refractivity contribution in [2.45, 2.75) is 78.7 Å². The van der Waals surface area contributed by atoms with Crippen LogP contribution in [0.4, 0.5) is 0 Å². The summed E-state index contributed by atoms with van der Waals surface area (Å²) in [5.74, 6) is 0.822. The summed E-state index contributed by atoms with van der Waals surface area (Å²) >= 11 is 0. The maximum Gasteiger partial charge on any atom is 0.170 e. The van der Waals surface area contributed by atoms with Crippen LogP contribution in [0.2, 0.25) is 13.1 Å². The summed E-state index contributed by atoms with van der Waals surface area (Å²) in [5.41, 5.74) is 0.220. The molecule has 0 spiro atoms. The van der Waals surface area contributed by atoms with Gasteiger partial charge in [0.05, 0.1) is 5.92 Å². The minimum atomic E-state index is -0.878. The van der Waals surface area contributed by atoms with Gasteiger partial charge in [0.1, 0.15) is 5.78 Å². The van der Waals surface area contributed by atoms with Crippen LogP contribution in [0.5, 0.6) is 0 Å². The van der Waals surface area contributed by atoms with Gasteiger partial charge < -0.3 is 13.9 Å². The molecular formula is C22H42O4Si. The van der Waals surface area contributed by atoms with E-state index in [4.69, 9.17) is 13.9 Å². The molecule has 27 heavy (non-hydrogen) atoms. The molecule has 0 aromatic rings. The van der Waals surface area contributed by atoms with Crippen molar-refractivity contribution in [1.82, 2.24) is 0 Å². The predicted octanol–water partition coefficient (Wildman–Crippen LogP) is 4.98. The summed E-state index contributed by atoms with van der Waals surface area (Å²) in [5, 5.41) is 0. The lowest BCUT2D eigenvalue weighted by molar-refractivity contribution is -0.156. The Balaban J connectivity index is 2.61. The molecule has 3 unspecified atom stereocenters. The van der Waals surface area contributed by atoms with Crippen LogP contribution < -0.4 is 0 Å². The third-order valence-electron chi connectivity index (χ3n) is 5.63. The monoisotopic (exact) mass is 398 g/mol. The summed E-state index contributed by atoms with van der Waals surface area (Å²) in [4.78, 5) is 12.3. The Bertz CT molecular complexity index is 452. The Hall–Kier alpha value is -0.493. The minimum Gasteiger partial charge on any atom is -0.421 e. The highest BCUT2D eigenvalue weighted by Crippen LogP contribution is 2.37. The second-order valence-electron chi connectivity index (χ2n) is 9.16. The molecule has 0 saturated heterocycles. The number of hydrogen-bond donors (Lipinski definition) is 0. The molecule has 1 saturated carbocycles. The molecule has 0 radical (unpaired) electrons. The number of unbranched alkanes of at least 4 members (excludes halogenated alkanes) is 2. The fraction of sp³-hybridized carbons (Fsp3) is 0.864. The third-order valence-corrected chi connectivity index (χ3v) is 6.53. The van der Waals surface area contributed by atoms with Gasteiger partial charge in [-0.15, -0.1) is 0 Å². The molecule has 0 bridgehead atoms. The van der Waals surface area contributed by atoms with Gasteiger partial charge in [-0.25, -0.2) is 0 Å². The van der Waals surface area contributed by atoms with Crippen LogP contribution >= 0.6 is 0 Å². The molecule has 158 valence electrons. The molecule has 0 N–H and O–H groups in total. The largest absolute Gasteiger partial charge is 0.421 e. The van der Waals surface area contributed by atoms with Gasteiger partial charge in [0.15, 0.2) is 15.3 Å². The lowest BCUT2D eigenvalue weighted by Gasteiger charge is -2.29. The van der Waals surface area contributed by atoms with E-state index in [1.807, 2.05) is 0 Å². The Morgan fingerprint density at radius 3 is 2.37 bits per heavy atom. The second kappa shape index (κ2) is 12.2. The van der Waals surface area contributed by atoms with E-state index in [1.54, 1.807) is 14.2 Å². The number of hydrogen-bond acceptors (Lipinski definition) is 4. The average molecular weight is 399 g/mol. The summed E-state index contributed by atoms with van der Waals surface area (Å²) in [6.45, 7) is 12.3. The van der Waals surface area contributed by atoms with Crippen LogP contribution in [0, 0.1) is 23.2 Å². The van der Waals surface area contributed by atoms with Crippen molar-refractivity contribution in [3.05, 3.63) is 12.2 Å². The van der Waals surface area contributed by atoms with Crippen LogP contribution in [0.15, 0.2) is 12.2 Å². The van der Waals surface area contributed by atoms with Crippen molar-refractivity contribution in [1.29, 1.82) is 0 Å². The molecule has 0 aromatic carbocycles. The van der Waals surface area contributed by atoms with Crippen molar-refractivity contribution in [3.8, 4) is 0 Å². The molecule has 5 heteroatoms. The number of Topliss-reactive ketones (excluding diaryl/α,β-unsaturated/α-hetero) is 1. The normalized spacial score (nSPS) is 22.5. The molecular weight excluding hydrogens is 356 g/mol. The van der Waals surface area contributed by atoms with Crippen LogP contribution in [-0.2, 0) is 18.7 Å². The van der Waals surface area contributed by atoms with Gasteiger partial charge in [-0.05, 0) is 49.6 Å². The molecule has 0 amide bonds. The Morgan fingerprint density at radius 1 is 1.15 bits per heavy atom. The van der Waals surface area contributed by atoms with E-state index >= 15 is 0 Å². The lowest BCUT2D eigenvalue weighted by atomic mass is 9.77. The molecule has 1 aliphatic carbocycles. The Kier molecular flexibility index (Phi) is 11.0. The third kappa shape index (κ3) is 8.59. The van der Waals surface area contributed by atoms with Gasteiger partial charge in [-0.3, -0.25) is 4.79 Å². The van der Waals surface area contributed by atoms with Crippen LogP contribution in [0.25, 0.3) is 0 Å². The second-order valence-corrected chi connectivity index (χ2v) is 11.6. The predicted molar refractivity (Wildman–Crippen MR) is 114 cm³/mol. The molecule has 1 rings (SSSR count). The SMILES string of the molecule is COC(OC)C1C(=O)CCC1C=CC(CCCCCO[SiH](C)C)C(C)(C)C. The minimum absolute atomic E-state index is 0.172. The van der Waals surface area contributed by atoms with E-state index in [-0.39, 0.29) is 23.0 Å². The van der Waals surface area contributed by atoms with E-state index in [0.29, 0.717) is 12.3 Å². The number of rotatable bonds is 12. The quantitative estimate of drug-likeness (QED) is 0.201. The highest BCUT2D eigenvalue weighted by atomic mass is 28.3. The number of methoxy groups -OCH3 is 2. The molecule has 1 fully saturated rings. The van der Waals surface area contributed by atoms with Gasteiger partial charge in [-0.1, -0.05) is 45.8 Å². The first-order valence-corrected chi connectivity index (χ1v) is 13.4. The van der Waals surface area contributed by atoms with Crippen LogP contribution in [0.1, 0.15) is 59.3 Å². The first-order valence-electron chi connectivity index (χ1n) is 10.6. The fourth-order valence-corrected chi connectivity index (χ4v) is 4.55. The maximum absolute atomic E-state index is 12.3. The molecule has 1 aliphatic rings. The Morgan fingerprint density at radius 2 is 1.81 bits per heavy atom. The topological polar surface area (TPSA) is 44.8 Å². The number of ketones is 1. The van der Waals surface area contributed by atoms with Crippen molar-refractivity contribution in [2.75, 3.05) is 20.8 Å². The van der Waals surface area contributed by atoms with Gasteiger partial charge in [0, 0.05) is 27.2 Å². The molecule has 0 heterocycles. The van der Waals surface area contributed by atoms with E-state index in [0.717, 1.165) is 19.4 Å². The zero-order valence-electron chi connectivity index (χ0n) is 18.6. The van der Waals surface area contributed by atoms with Crippen molar-refractivity contribution >= 4 is 14.8 Å². The summed E-state index contributed by atoms with van der Waals surface area (Å²) in [7, 11) is 2.35. The smallest absolute Gasteiger partial charge is 0.170 e. The summed E-state index contributed by atoms with van der Waals surface area (Å²) < 4.78 is 16.5. The van der Waals surface area contributed by atoms with Crippen molar-refractivity contribution in [3.63, 3.8) is 0 Å². The van der Waals surface area contributed by atoms with Crippen molar-refractivity contribution in [2.24, 2.45) is 23.2 Å². The highest BCUT2D eigenvalue weighted by molar-refractivity contribution is 6.48. The number of carbonyl (C=O) groups excluding carboxylic acids is 1. The molecule has 4 nitrogen and oxygen atoms in total.